The van der Waals surface area contributed by atoms with Crippen LogP contribution in [0.3, 0.4) is 0 Å². The Morgan fingerprint density at radius 2 is 1.81 bits per heavy atom. The maximum Gasteiger partial charge on any atom is 0.408 e. The maximum atomic E-state index is 11.7. The molecule has 1 aromatic carbocycles. The van der Waals surface area contributed by atoms with E-state index in [0.29, 0.717) is 6.42 Å². The lowest BCUT2D eigenvalue weighted by atomic mass is 10.0. The molecule has 0 fully saturated rings. The Morgan fingerprint density at radius 1 is 1.24 bits per heavy atom. The average Bonchev–Trinajstić information content (AvgIpc) is 2.34. The molecule has 1 unspecified atom stereocenters. The van der Waals surface area contributed by atoms with Crippen molar-refractivity contribution in [3.63, 3.8) is 0 Å². The summed E-state index contributed by atoms with van der Waals surface area (Å²) in [6.45, 7) is 7.31. The van der Waals surface area contributed by atoms with Crippen LogP contribution in [-0.4, -0.2) is 22.8 Å². The number of carbonyl (C=O) groups excluding carboxylic acids is 1. The molecule has 0 aliphatic rings. The Bertz CT molecular complexity index is 488. The van der Waals surface area contributed by atoms with Gasteiger partial charge in [-0.15, -0.1) is 0 Å². The van der Waals surface area contributed by atoms with Crippen molar-refractivity contribution < 1.29 is 19.4 Å². The van der Waals surface area contributed by atoms with Gasteiger partial charge in [-0.3, -0.25) is 4.79 Å². The fourth-order valence-electron chi connectivity index (χ4n) is 1.79. The predicted molar refractivity (Wildman–Crippen MR) is 80.2 cm³/mol. The van der Waals surface area contributed by atoms with E-state index in [2.05, 4.69) is 5.32 Å². The third kappa shape index (κ3) is 6.79. The van der Waals surface area contributed by atoms with E-state index < -0.39 is 17.7 Å². The van der Waals surface area contributed by atoms with Crippen LogP contribution in [-0.2, 0) is 16.0 Å². The van der Waals surface area contributed by atoms with Gasteiger partial charge >= 0.3 is 12.1 Å². The molecule has 1 aromatic rings. The zero-order valence-electron chi connectivity index (χ0n) is 13.0. The van der Waals surface area contributed by atoms with Crippen molar-refractivity contribution in [3.05, 3.63) is 35.4 Å². The van der Waals surface area contributed by atoms with E-state index in [1.54, 1.807) is 0 Å². The summed E-state index contributed by atoms with van der Waals surface area (Å²) < 4.78 is 5.20. The van der Waals surface area contributed by atoms with Gasteiger partial charge < -0.3 is 15.2 Å². The highest BCUT2D eigenvalue weighted by atomic mass is 16.6. The molecular formula is C16H23NO4. The number of carbonyl (C=O) groups is 2. The van der Waals surface area contributed by atoms with Gasteiger partial charge in [-0.05, 0) is 45.2 Å². The van der Waals surface area contributed by atoms with Crippen molar-refractivity contribution >= 4 is 12.1 Å². The van der Waals surface area contributed by atoms with E-state index in [0.717, 1.165) is 11.1 Å². The minimum Gasteiger partial charge on any atom is -0.481 e. The normalized spacial score (nSPS) is 12.6. The number of aliphatic carboxylic acids is 1. The minimum atomic E-state index is -0.806. The fraction of sp³-hybridized carbons (Fsp3) is 0.500. The lowest BCUT2D eigenvalue weighted by Gasteiger charge is -2.22. The number of ether oxygens (including phenoxy) is 1. The molecule has 0 radical (unpaired) electrons. The highest BCUT2D eigenvalue weighted by Gasteiger charge is 2.18. The summed E-state index contributed by atoms with van der Waals surface area (Å²) in [4.78, 5) is 22.2. The topological polar surface area (TPSA) is 75.6 Å². The number of rotatable bonds is 5. The number of hydrogen-bond acceptors (Lipinski definition) is 3. The van der Waals surface area contributed by atoms with Crippen LogP contribution in [0.5, 0.6) is 0 Å². The summed E-state index contributed by atoms with van der Waals surface area (Å²) in [5.41, 5.74) is 1.38. The Hall–Kier alpha value is -2.04. The van der Waals surface area contributed by atoms with Gasteiger partial charge in [0.1, 0.15) is 5.60 Å². The average molecular weight is 293 g/mol. The Kier molecular flexibility index (Phi) is 5.76. The Balaban J connectivity index is 2.56. The lowest BCUT2D eigenvalue weighted by Crippen LogP contribution is -2.34. The van der Waals surface area contributed by atoms with E-state index in [1.807, 2.05) is 52.0 Å². The van der Waals surface area contributed by atoms with Gasteiger partial charge in [0.2, 0.25) is 0 Å². The maximum absolute atomic E-state index is 11.7. The summed E-state index contributed by atoms with van der Waals surface area (Å²) in [5, 5.41) is 11.4. The summed E-state index contributed by atoms with van der Waals surface area (Å²) >= 11 is 0. The van der Waals surface area contributed by atoms with Crippen LogP contribution >= 0.6 is 0 Å². The molecule has 0 spiro atoms. The fourth-order valence-corrected chi connectivity index (χ4v) is 1.79. The largest absolute Gasteiger partial charge is 0.481 e. The Labute approximate surface area is 125 Å². The van der Waals surface area contributed by atoms with Gasteiger partial charge in [-0.2, -0.15) is 0 Å². The van der Waals surface area contributed by atoms with Gasteiger partial charge in [0.05, 0.1) is 6.04 Å². The molecular weight excluding hydrogens is 270 g/mol. The van der Waals surface area contributed by atoms with Crippen molar-refractivity contribution in [1.82, 2.24) is 5.32 Å². The first-order valence-electron chi connectivity index (χ1n) is 6.97. The number of carboxylic acids is 1. The summed E-state index contributed by atoms with van der Waals surface area (Å²) in [5.74, 6) is -0.806. The van der Waals surface area contributed by atoms with E-state index in [9.17, 15) is 9.59 Å². The Morgan fingerprint density at radius 3 is 2.29 bits per heavy atom. The molecule has 0 saturated heterocycles. The minimum absolute atomic E-state index is 0.116. The predicted octanol–water partition coefficient (Wildman–Crippen LogP) is 3.29. The smallest absolute Gasteiger partial charge is 0.408 e. The number of aryl methyl sites for hydroxylation is 1. The van der Waals surface area contributed by atoms with Gasteiger partial charge in [-0.1, -0.05) is 24.3 Å². The number of amides is 1. The quantitative estimate of drug-likeness (QED) is 0.873. The molecule has 5 nitrogen and oxygen atoms in total. The number of carboxylic acid groups (broad SMARTS) is 1. The highest BCUT2D eigenvalue weighted by molar-refractivity contribution is 5.68. The molecule has 0 heterocycles. The summed E-state index contributed by atoms with van der Waals surface area (Å²) in [6, 6.07) is 7.36. The first kappa shape index (κ1) is 17.0. The second-order valence-corrected chi connectivity index (χ2v) is 6.00. The number of benzene rings is 1. The molecule has 0 aliphatic heterocycles. The van der Waals surface area contributed by atoms with Crippen molar-refractivity contribution in [3.8, 4) is 0 Å². The third-order valence-corrected chi connectivity index (χ3v) is 2.84. The van der Waals surface area contributed by atoms with E-state index in [4.69, 9.17) is 9.84 Å². The molecule has 0 bridgehead atoms. The van der Waals surface area contributed by atoms with Crippen molar-refractivity contribution in [2.24, 2.45) is 0 Å². The second-order valence-electron chi connectivity index (χ2n) is 6.00. The highest BCUT2D eigenvalue weighted by Crippen LogP contribution is 2.15. The zero-order chi connectivity index (χ0) is 16.0. The van der Waals surface area contributed by atoms with Crippen LogP contribution in [0.25, 0.3) is 0 Å². The van der Waals surface area contributed by atoms with Crippen LogP contribution in [0.4, 0.5) is 4.79 Å². The number of alkyl carbamates (subject to hydrolysis) is 1. The van der Waals surface area contributed by atoms with Crippen molar-refractivity contribution in [2.45, 2.75) is 52.2 Å². The molecule has 5 heteroatoms. The molecule has 2 N–H and O–H groups in total. The molecule has 0 aliphatic carbocycles. The molecule has 1 atom stereocenters. The lowest BCUT2D eigenvalue weighted by molar-refractivity contribution is -0.136. The van der Waals surface area contributed by atoms with E-state index >= 15 is 0 Å². The SMILES string of the molecule is CC(NC(=O)OC(C)(C)C)c1ccc(CCC(=O)O)cc1. The van der Waals surface area contributed by atoms with E-state index in [1.165, 1.54) is 0 Å². The molecule has 21 heavy (non-hydrogen) atoms. The number of hydrogen-bond donors (Lipinski definition) is 2. The monoisotopic (exact) mass is 293 g/mol. The molecule has 116 valence electrons. The van der Waals surface area contributed by atoms with Gasteiger partial charge in [0.25, 0.3) is 0 Å². The van der Waals surface area contributed by atoms with Crippen LogP contribution in [0.2, 0.25) is 0 Å². The first-order chi connectivity index (χ1) is 9.67. The van der Waals surface area contributed by atoms with Crippen LogP contribution in [0.15, 0.2) is 24.3 Å². The van der Waals surface area contributed by atoms with Crippen LogP contribution in [0.1, 0.15) is 51.3 Å². The summed E-state index contributed by atoms with van der Waals surface area (Å²) in [6.07, 6.45) is 0.166. The van der Waals surface area contributed by atoms with Crippen LogP contribution in [0, 0.1) is 0 Å². The van der Waals surface area contributed by atoms with E-state index in [-0.39, 0.29) is 12.5 Å². The molecule has 1 rings (SSSR count). The van der Waals surface area contributed by atoms with Crippen molar-refractivity contribution in [2.75, 3.05) is 0 Å². The molecule has 1 amide bonds. The molecule has 0 aromatic heterocycles. The van der Waals surface area contributed by atoms with Crippen LogP contribution < -0.4 is 5.32 Å². The van der Waals surface area contributed by atoms with Gasteiger partial charge in [0.15, 0.2) is 0 Å². The molecule has 0 saturated carbocycles. The van der Waals surface area contributed by atoms with Crippen molar-refractivity contribution in [1.29, 1.82) is 0 Å². The van der Waals surface area contributed by atoms with Gasteiger partial charge in [0, 0.05) is 6.42 Å². The second kappa shape index (κ2) is 7.11. The first-order valence-corrected chi connectivity index (χ1v) is 6.97. The standard InChI is InChI=1S/C16H23NO4/c1-11(17-15(20)21-16(2,3)4)13-8-5-12(6-9-13)7-10-14(18)19/h5-6,8-9,11H,7,10H2,1-4H3,(H,17,20)(H,18,19). The number of nitrogens with one attached hydrogen (secondary N) is 1. The van der Waals surface area contributed by atoms with Gasteiger partial charge in [-0.25, -0.2) is 4.79 Å². The third-order valence-electron chi connectivity index (χ3n) is 2.84. The summed E-state index contributed by atoms with van der Waals surface area (Å²) in [7, 11) is 0. The zero-order valence-corrected chi connectivity index (χ0v) is 13.0.